The lowest BCUT2D eigenvalue weighted by molar-refractivity contribution is 0.0593. The number of hydrogen-bond donors (Lipinski definition) is 4. The molecule has 0 atom stereocenters. The van der Waals surface area contributed by atoms with Gasteiger partial charge in [-0.15, -0.1) is 0 Å². The number of nitrogens with one attached hydrogen (secondary N) is 3. The van der Waals surface area contributed by atoms with E-state index in [0.717, 1.165) is 32.5 Å². The van der Waals surface area contributed by atoms with Gasteiger partial charge in [0.15, 0.2) is 0 Å². The molecule has 70 heavy (non-hydrogen) atoms. The molecule has 11 nitrogen and oxygen atoms in total. The van der Waals surface area contributed by atoms with Crippen molar-refractivity contribution in [1.82, 2.24) is 0 Å². The van der Waals surface area contributed by atoms with E-state index in [1.54, 1.807) is 87.0 Å². The number of carboxylic acid groups (broad SMARTS) is 1. The number of carbonyl (C=O) groups is 3. The smallest absolute Gasteiger partial charge is 0.339 e. The molecule has 0 aromatic heterocycles. The van der Waals surface area contributed by atoms with Gasteiger partial charge in [0.25, 0.3) is 0 Å². The third-order valence-electron chi connectivity index (χ3n) is 10.3. The first-order valence-corrected chi connectivity index (χ1v) is 21.9. The van der Waals surface area contributed by atoms with Gasteiger partial charge >= 0.3 is 17.9 Å². The number of methoxy groups -OCH3 is 4. The molecule has 0 radical (unpaired) electrons. The predicted octanol–water partition coefficient (Wildman–Crippen LogP) is 14.1. The molecule has 8 aromatic carbocycles. The number of benzene rings is 8. The Hall–Kier alpha value is -8.56. The van der Waals surface area contributed by atoms with Crippen LogP contribution in [0.5, 0.6) is 11.5 Å². The van der Waals surface area contributed by atoms with Crippen LogP contribution in [0.25, 0.3) is 22.3 Å². The average Bonchev–Trinajstić information content (AvgIpc) is 3.38. The largest absolute Gasteiger partial charge is 0.496 e. The summed E-state index contributed by atoms with van der Waals surface area (Å²) in [5, 5.41) is 18.7. The zero-order chi connectivity index (χ0) is 50.2. The Morgan fingerprint density at radius 3 is 1.16 bits per heavy atom. The van der Waals surface area contributed by atoms with Crippen molar-refractivity contribution in [2.75, 3.05) is 44.4 Å². The second kappa shape index (κ2) is 24.5. The van der Waals surface area contributed by atoms with E-state index in [-0.39, 0.29) is 23.0 Å². The highest BCUT2D eigenvalue weighted by Gasteiger charge is 2.17. The molecule has 4 N–H and O–H groups in total. The first-order chi connectivity index (χ1) is 33.8. The number of esters is 2. The minimum absolute atomic E-state index is 0.128. The van der Waals surface area contributed by atoms with Gasteiger partial charge in [0.2, 0.25) is 0 Å². The molecule has 0 heterocycles. The lowest BCUT2D eigenvalue weighted by Gasteiger charge is -2.14. The van der Waals surface area contributed by atoms with Gasteiger partial charge in [0.1, 0.15) is 29.0 Å². The molecule has 0 aliphatic rings. The summed E-state index contributed by atoms with van der Waals surface area (Å²) >= 11 is 3.34. The van der Waals surface area contributed by atoms with Crippen molar-refractivity contribution in [2.45, 2.75) is 0 Å². The molecule has 8 rings (SSSR count). The number of anilines is 6. The van der Waals surface area contributed by atoms with Crippen LogP contribution >= 0.6 is 15.9 Å². The Labute approximate surface area is 410 Å². The van der Waals surface area contributed by atoms with E-state index in [2.05, 4.69) is 31.9 Å². The predicted molar refractivity (Wildman–Crippen MR) is 270 cm³/mol. The summed E-state index contributed by atoms with van der Waals surface area (Å²) in [6.07, 6.45) is 0. The van der Waals surface area contributed by atoms with Gasteiger partial charge in [0, 0.05) is 32.7 Å². The number of hydrogen-bond acceptors (Lipinski definition) is 10. The second-order valence-electron chi connectivity index (χ2n) is 14.8. The summed E-state index contributed by atoms with van der Waals surface area (Å²) in [6, 6.07) is 48.2. The van der Waals surface area contributed by atoms with Crippen LogP contribution in [0.3, 0.4) is 0 Å². The molecular formula is C55H45BrF3N3O8. The van der Waals surface area contributed by atoms with E-state index >= 15 is 0 Å². The summed E-state index contributed by atoms with van der Waals surface area (Å²) in [5.74, 6) is -1.51. The van der Waals surface area contributed by atoms with Crippen molar-refractivity contribution < 1.29 is 51.6 Å². The fourth-order valence-corrected chi connectivity index (χ4v) is 7.21. The molecule has 0 bridgehead atoms. The van der Waals surface area contributed by atoms with Crippen molar-refractivity contribution >= 4 is 68.0 Å². The Bertz CT molecular complexity index is 3080. The Balaban J connectivity index is 0.000000174. The zero-order valence-electron chi connectivity index (χ0n) is 38.1. The Morgan fingerprint density at radius 2 is 0.786 bits per heavy atom. The summed E-state index contributed by atoms with van der Waals surface area (Å²) in [4.78, 5) is 35.3. The molecule has 0 saturated carbocycles. The van der Waals surface area contributed by atoms with Crippen LogP contribution in [-0.2, 0) is 9.47 Å². The van der Waals surface area contributed by atoms with Gasteiger partial charge in [-0.3, -0.25) is 0 Å². The Morgan fingerprint density at radius 1 is 0.443 bits per heavy atom. The topological polar surface area (TPSA) is 144 Å². The molecule has 8 aromatic rings. The number of rotatable bonds is 13. The maximum absolute atomic E-state index is 13.1. The number of carbonyl (C=O) groups excluding carboxylic acids is 2. The van der Waals surface area contributed by atoms with E-state index in [1.807, 2.05) is 60.7 Å². The van der Waals surface area contributed by atoms with Gasteiger partial charge in [-0.2, -0.15) is 0 Å². The zero-order valence-corrected chi connectivity index (χ0v) is 39.6. The van der Waals surface area contributed by atoms with E-state index in [4.69, 9.17) is 18.9 Å². The highest BCUT2D eigenvalue weighted by atomic mass is 79.9. The van der Waals surface area contributed by atoms with Crippen molar-refractivity contribution in [1.29, 1.82) is 0 Å². The van der Waals surface area contributed by atoms with Gasteiger partial charge in [-0.1, -0.05) is 64.5 Å². The molecule has 356 valence electrons. The lowest BCUT2D eigenvalue weighted by atomic mass is 10.0. The number of para-hydroxylation sites is 2. The van der Waals surface area contributed by atoms with Gasteiger partial charge in [0.05, 0.1) is 62.2 Å². The fourth-order valence-electron chi connectivity index (χ4n) is 6.85. The summed E-state index contributed by atoms with van der Waals surface area (Å²) in [5.41, 5.74) is 7.87. The molecule has 0 amide bonds. The number of halogens is 4. The third-order valence-corrected chi connectivity index (χ3v) is 10.8. The van der Waals surface area contributed by atoms with Crippen LogP contribution in [0, 0.1) is 17.5 Å². The molecule has 0 fully saturated rings. The van der Waals surface area contributed by atoms with E-state index in [0.29, 0.717) is 51.0 Å². The van der Waals surface area contributed by atoms with E-state index in [9.17, 15) is 32.7 Å². The quantitative estimate of drug-likeness (QED) is 0.0819. The summed E-state index contributed by atoms with van der Waals surface area (Å²) < 4.78 is 60.2. The van der Waals surface area contributed by atoms with Crippen LogP contribution < -0.4 is 25.4 Å². The van der Waals surface area contributed by atoms with Crippen molar-refractivity contribution in [3.8, 4) is 33.8 Å². The van der Waals surface area contributed by atoms with Crippen molar-refractivity contribution in [2.24, 2.45) is 0 Å². The van der Waals surface area contributed by atoms with Gasteiger partial charge < -0.3 is 40.0 Å². The fraction of sp³-hybridized carbons (Fsp3) is 0.0727. The minimum atomic E-state index is -1.05. The maximum Gasteiger partial charge on any atom is 0.339 e. The number of ether oxygens (including phenoxy) is 4. The van der Waals surface area contributed by atoms with Crippen molar-refractivity contribution in [3.63, 3.8) is 0 Å². The van der Waals surface area contributed by atoms with Crippen LogP contribution in [0.4, 0.5) is 47.3 Å². The molecular weight excluding hydrogens is 968 g/mol. The molecule has 15 heteroatoms. The summed E-state index contributed by atoms with van der Waals surface area (Å²) in [6.45, 7) is 0. The standard InChI is InChI=1S/C21H18FNO3.C20H16FNO3.C14H11BrFNO2/c1-25-20-6-4-3-5-17(20)14-7-12-18(21(24)26-2)19(13-14)23-16-10-8-15(22)9-11-16;1-25-19-5-3-2-4-16(19)13-6-11-17(20(23)24)18(12-13)22-15-9-7-14(21)8-10-15;1-19-14(18)12-7-2-9(15)8-13(12)17-11-5-3-10(16)4-6-11/h3-13,23H,1-2H3;2-12,22H,1H3,(H,23,24);2-8,17H,1H3. The molecule has 0 unspecified atom stereocenters. The lowest BCUT2D eigenvalue weighted by Crippen LogP contribution is -2.06. The average molecular weight is 1010 g/mol. The Kier molecular flexibility index (Phi) is 17.8. The van der Waals surface area contributed by atoms with Gasteiger partial charge in [-0.05, 0) is 139 Å². The third kappa shape index (κ3) is 13.5. The SMILES string of the molecule is COC(=O)c1ccc(-c2ccccc2OC)cc1Nc1ccc(F)cc1.COC(=O)c1ccc(Br)cc1Nc1ccc(F)cc1.COc1ccccc1-c1ccc(C(=O)O)c(Nc2ccc(F)cc2)c1. The number of carboxylic acids is 1. The first kappa shape index (κ1) is 50.8. The second-order valence-corrected chi connectivity index (χ2v) is 15.7. The highest BCUT2D eigenvalue weighted by molar-refractivity contribution is 9.10. The van der Waals surface area contributed by atoms with Crippen LogP contribution in [0.1, 0.15) is 31.1 Å². The van der Waals surface area contributed by atoms with Crippen LogP contribution in [-0.4, -0.2) is 51.5 Å². The van der Waals surface area contributed by atoms with E-state index in [1.165, 1.54) is 56.7 Å². The maximum atomic E-state index is 13.1. The molecule has 0 saturated heterocycles. The molecule has 0 aliphatic heterocycles. The first-order valence-electron chi connectivity index (χ1n) is 21.1. The highest BCUT2D eigenvalue weighted by Crippen LogP contribution is 2.36. The normalized spacial score (nSPS) is 10.2. The van der Waals surface area contributed by atoms with E-state index < -0.39 is 17.9 Å². The number of aromatic carboxylic acids is 1. The minimum Gasteiger partial charge on any atom is -0.496 e. The van der Waals surface area contributed by atoms with Crippen LogP contribution in [0.2, 0.25) is 0 Å². The van der Waals surface area contributed by atoms with Gasteiger partial charge in [-0.25, -0.2) is 27.6 Å². The van der Waals surface area contributed by atoms with Crippen molar-refractivity contribution in [3.05, 3.63) is 215 Å². The molecule has 0 spiro atoms. The summed E-state index contributed by atoms with van der Waals surface area (Å²) in [7, 11) is 5.85. The monoisotopic (exact) mass is 1010 g/mol. The van der Waals surface area contributed by atoms with Crippen LogP contribution in [0.15, 0.2) is 180 Å². The molecule has 0 aliphatic carbocycles.